The number of benzene rings is 1. The van der Waals surface area contributed by atoms with Gasteiger partial charge in [0.25, 0.3) is 0 Å². The van der Waals surface area contributed by atoms with E-state index in [2.05, 4.69) is 9.36 Å². The van der Waals surface area contributed by atoms with Crippen molar-refractivity contribution in [3.8, 4) is 11.3 Å². The van der Waals surface area contributed by atoms with Crippen LogP contribution in [0.15, 0.2) is 39.5 Å². The van der Waals surface area contributed by atoms with E-state index >= 15 is 0 Å². The highest BCUT2D eigenvalue weighted by atomic mass is 32.1. The van der Waals surface area contributed by atoms with E-state index in [0.717, 1.165) is 22.8 Å². The molecule has 0 fully saturated rings. The topological polar surface area (TPSA) is 56.0 Å². The number of rotatable bonds is 1. The van der Waals surface area contributed by atoms with Crippen LogP contribution in [0.4, 0.5) is 0 Å². The number of aryl methyl sites for hydroxylation is 1. The van der Waals surface area contributed by atoms with Crippen LogP contribution in [0.3, 0.4) is 0 Å². The maximum absolute atomic E-state index is 11.6. The molecule has 0 bridgehead atoms. The Morgan fingerprint density at radius 3 is 2.76 bits per heavy atom. The lowest BCUT2D eigenvalue weighted by Crippen LogP contribution is -2.00. The lowest BCUT2D eigenvalue weighted by Gasteiger charge is -1.96. The van der Waals surface area contributed by atoms with Crippen molar-refractivity contribution in [2.75, 3.05) is 0 Å². The molecule has 0 N–H and O–H groups in total. The Labute approximate surface area is 101 Å². The smallest absolute Gasteiger partial charge is 0.358 e. The van der Waals surface area contributed by atoms with E-state index in [4.69, 9.17) is 4.42 Å². The first-order valence-corrected chi connectivity index (χ1v) is 5.85. The minimum absolute atomic E-state index is 0.361. The van der Waals surface area contributed by atoms with Gasteiger partial charge in [-0.25, -0.2) is 9.78 Å². The van der Waals surface area contributed by atoms with Crippen molar-refractivity contribution < 1.29 is 4.42 Å². The van der Waals surface area contributed by atoms with E-state index in [-0.39, 0.29) is 5.63 Å². The van der Waals surface area contributed by atoms with Crippen molar-refractivity contribution in [1.29, 1.82) is 0 Å². The van der Waals surface area contributed by atoms with E-state index in [1.807, 2.05) is 30.3 Å². The molecule has 0 unspecified atom stereocenters. The van der Waals surface area contributed by atoms with Gasteiger partial charge in [0.1, 0.15) is 11.2 Å². The third-order valence-corrected chi connectivity index (χ3v) is 3.23. The zero-order chi connectivity index (χ0) is 11.8. The highest BCUT2D eigenvalue weighted by Crippen LogP contribution is 2.27. The normalized spacial score (nSPS) is 10.9. The predicted molar refractivity (Wildman–Crippen MR) is 66.1 cm³/mol. The van der Waals surface area contributed by atoms with Crippen LogP contribution in [-0.4, -0.2) is 9.36 Å². The Hall–Kier alpha value is -2.01. The Morgan fingerprint density at radius 1 is 1.24 bits per heavy atom. The Kier molecular flexibility index (Phi) is 2.26. The van der Waals surface area contributed by atoms with Crippen molar-refractivity contribution in [2.24, 2.45) is 0 Å². The Balaban J connectivity index is 2.36. The highest BCUT2D eigenvalue weighted by molar-refractivity contribution is 7.13. The van der Waals surface area contributed by atoms with Crippen LogP contribution in [0.5, 0.6) is 0 Å². The van der Waals surface area contributed by atoms with Crippen molar-refractivity contribution >= 4 is 21.7 Å². The minimum atomic E-state index is -0.368. The fourth-order valence-electron chi connectivity index (χ4n) is 1.67. The SMILES string of the molecule is Cc1nc2c(-c3ccccc3)nsc2c(=O)o1. The summed E-state index contributed by atoms with van der Waals surface area (Å²) in [6, 6.07) is 9.68. The minimum Gasteiger partial charge on any atom is -0.408 e. The molecule has 3 aromatic rings. The maximum Gasteiger partial charge on any atom is 0.358 e. The molecule has 2 heterocycles. The molecule has 0 aliphatic carbocycles. The van der Waals surface area contributed by atoms with Crippen LogP contribution in [0.1, 0.15) is 5.89 Å². The molecule has 2 aromatic heterocycles. The van der Waals surface area contributed by atoms with Crippen molar-refractivity contribution in [2.45, 2.75) is 6.92 Å². The first kappa shape index (κ1) is 10.2. The van der Waals surface area contributed by atoms with Gasteiger partial charge in [-0.1, -0.05) is 30.3 Å². The van der Waals surface area contributed by atoms with Crippen LogP contribution in [0.2, 0.25) is 0 Å². The molecule has 4 nitrogen and oxygen atoms in total. The summed E-state index contributed by atoms with van der Waals surface area (Å²) in [5, 5.41) is 0. The zero-order valence-corrected chi connectivity index (χ0v) is 9.82. The second-order valence-corrected chi connectivity index (χ2v) is 4.37. The molecular formula is C12H8N2O2S. The van der Waals surface area contributed by atoms with Gasteiger partial charge in [-0.3, -0.25) is 0 Å². The number of nitrogens with zero attached hydrogens (tertiary/aromatic N) is 2. The average molecular weight is 244 g/mol. The largest absolute Gasteiger partial charge is 0.408 e. The van der Waals surface area contributed by atoms with Crippen LogP contribution < -0.4 is 5.63 Å². The molecule has 0 atom stereocenters. The Morgan fingerprint density at radius 2 is 2.00 bits per heavy atom. The van der Waals surface area contributed by atoms with Crippen molar-refractivity contribution in [3.05, 3.63) is 46.6 Å². The second kappa shape index (κ2) is 3.78. The van der Waals surface area contributed by atoms with Crippen molar-refractivity contribution in [1.82, 2.24) is 9.36 Å². The van der Waals surface area contributed by atoms with E-state index in [1.54, 1.807) is 6.92 Å². The molecule has 84 valence electrons. The van der Waals surface area contributed by atoms with Crippen LogP contribution >= 0.6 is 11.5 Å². The molecule has 0 aliphatic rings. The van der Waals surface area contributed by atoms with Crippen LogP contribution in [-0.2, 0) is 0 Å². The monoisotopic (exact) mass is 244 g/mol. The first-order valence-electron chi connectivity index (χ1n) is 5.08. The molecule has 1 aromatic carbocycles. The van der Waals surface area contributed by atoms with E-state index in [0.29, 0.717) is 16.1 Å². The van der Waals surface area contributed by atoms with Gasteiger partial charge in [-0.05, 0) is 11.5 Å². The molecule has 3 rings (SSSR count). The fourth-order valence-corrected chi connectivity index (χ4v) is 2.39. The van der Waals surface area contributed by atoms with Gasteiger partial charge < -0.3 is 4.42 Å². The number of hydrogen-bond acceptors (Lipinski definition) is 5. The van der Waals surface area contributed by atoms with E-state index in [9.17, 15) is 4.79 Å². The summed E-state index contributed by atoms with van der Waals surface area (Å²) in [7, 11) is 0. The van der Waals surface area contributed by atoms with Crippen molar-refractivity contribution in [3.63, 3.8) is 0 Å². The predicted octanol–water partition coefficient (Wildman–Crippen LogP) is 2.62. The lowest BCUT2D eigenvalue weighted by atomic mass is 10.1. The second-order valence-electron chi connectivity index (χ2n) is 3.60. The van der Waals surface area contributed by atoms with Gasteiger partial charge in [0.05, 0.1) is 0 Å². The molecule has 0 saturated heterocycles. The molecule has 0 aliphatic heterocycles. The maximum atomic E-state index is 11.6. The molecule has 0 spiro atoms. The number of hydrogen-bond donors (Lipinski definition) is 0. The van der Waals surface area contributed by atoms with Gasteiger partial charge in [0.2, 0.25) is 0 Å². The quantitative estimate of drug-likeness (QED) is 0.660. The summed E-state index contributed by atoms with van der Waals surface area (Å²) in [6.07, 6.45) is 0. The number of fused-ring (bicyclic) bond motifs is 1. The van der Waals surface area contributed by atoms with Gasteiger partial charge in [-0.15, -0.1) is 0 Å². The third-order valence-electron chi connectivity index (χ3n) is 2.41. The molecular weight excluding hydrogens is 236 g/mol. The summed E-state index contributed by atoms with van der Waals surface area (Å²) >= 11 is 1.13. The molecule has 0 radical (unpaired) electrons. The van der Waals surface area contributed by atoms with Crippen LogP contribution in [0, 0.1) is 6.92 Å². The highest BCUT2D eigenvalue weighted by Gasteiger charge is 2.13. The lowest BCUT2D eigenvalue weighted by molar-refractivity contribution is 0.468. The Bertz CT molecular complexity index is 731. The summed E-state index contributed by atoms with van der Waals surface area (Å²) in [4.78, 5) is 15.9. The average Bonchev–Trinajstić information content (AvgIpc) is 2.74. The molecule has 5 heteroatoms. The first-order chi connectivity index (χ1) is 8.25. The van der Waals surface area contributed by atoms with Gasteiger partial charge in [-0.2, -0.15) is 4.37 Å². The third kappa shape index (κ3) is 1.64. The van der Waals surface area contributed by atoms with Crippen LogP contribution in [0.25, 0.3) is 21.5 Å². The van der Waals surface area contributed by atoms with Gasteiger partial charge in [0, 0.05) is 12.5 Å². The summed E-state index contributed by atoms with van der Waals surface area (Å²) in [5.41, 5.74) is 1.94. The summed E-state index contributed by atoms with van der Waals surface area (Å²) in [6.45, 7) is 1.66. The summed E-state index contributed by atoms with van der Waals surface area (Å²) < 4.78 is 9.70. The molecule has 0 amide bonds. The van der Waals surface area contributed by atoms with E-state index in [1.165, 1.54) is 0 Å². The van der Waals surface area contributed by atoms with Gasteiger partial charge >= 0.3 is 5.63 Å². The molecule has 0 saturated carbocycles. The standard InChI is InChI=1S/C12H8N2O2S/c1-7-13-10-9(8-5-3-2-4-6-8)14-17-11(10)12(15)16-7/h2-6H,1H3. The van der Waals surface area contributed by atoms with E-state index < -0.39 is 0 Å². The number of aromatic nitrogens is 2. The zero-order valence-electron chi connectivity index (χ0n) is 9.01. The summed E-state index contributed by atoms with van der Waals surface area (Å²) in [5.74, 6) is 0.361. The molecule has 17 heavy (non-hydrogen) atoms. The fraction of sp³-hybridized carbons (Fsp3) is 0.0833. The van der Waals surface area contributed by atoms with Gasteiger partial charge in [0.15, 0.2) is 10.6 Å².